The van der Waals surface area contributed by atoms with E-state index in [4.69, 9.17) is 31.7 Å². The minimum atomic E-state index is -1.83. The van der Waals surface area contributed by atoms with Crippen LogP contribution in [0.3, 0.4) is 0 Å². The molecule has 0 aliphatic rings. The SMILES string of the molecule is Cc1cc(C(C)C)c(C(N)C[N](CC(N)c2c(C(C)C)cc(C)cc2C(C)C)[Mn]([Cl])[Cl])c(C(C)C)c1. The van der Waals surface area contributed by atoms with E-state index in [1.165, 1.54) is 44.5 Å². The molecule has 0 saturated carbocycles. The maximum absolute atomic E-state index is 6.97. The first-order valence-corrected chi connectivity index (χ1v) is 17.0. The molecule has 2 atom stereocenters. The Morgan fingerprint density at radius 3 is 1.06 bits per heavy atom. The molecule has 2 aromatic carbocycles. The molecule has 0 heterocycles. The van der Waals surface area contributed by atoms with Gasteiger partial charge in [0.15, 0.2) is 0 Å². The van der Waals surface area contributed by atoms with Gasteiger partial charge in [-0.1, -0.05) is 0 Å². The molecular weight excluding hydrogens is 528 g/mol. The second-order valence-electron chi connectivity index (χ2n) is 11.6. The molecule has 0 fully saturated rings. The van der Waals surface area contributed by atoms with Crippen LogP contribution in [0.2, 0.25) is 0 Å². The third-order valence-corrected chi connectivity index (χ3v) is 9.46. The Labute approximate surface area is 233 Å². The van der Waals surface area contributed by atoms with Crippen LogP contribution in [0.4, 0.5) is 0 Å². The van der Waals surface area contributed by atoms with Crippen LogP contribution < -0.4 is 11.5 Å². The first kappa shape index (κ1) is 31.6. The van der Waals surface area contributed by atoms with E-state index in [1.54, 1.807) is 0 Å². The molecule has 0 aliphatic heterocycles. The normalized spacial score (nSPS) is 14.5. The van der Waals surface area contributed by atoms with Crippen molar-refractivity contribution in [2.45, 2.75) is 105 Å². The third kappa shape index (κ3) is 7.73. The Balaban J connectivity index is 2.47. The van der Waals surface area contributed by atoms with E-state index in [2.05, 4.69) is 97.4 Å². The summed E-state index contributed by atoms with van der Waals surface area (Å²) in [7, 11) is 13.3. The van der Waals surface area contributed by atoms with Crippen molar-refractivity contribution in [3.8, 4) is 0 Å². The van der Waals surface area contributed by atoms with Crippen LogP contribution in [0.1, 0.15) is 136 Å². The summed E-state index contributed by atoms with van der Waals surface area (Å²) >= 11 is -1.83. The number of hydrogen-bond acceptors (Lipinski definition) is 3. The Kier molecular flexibility index (Phi) is 11.8. The second-order valence-corrected chi connectivity index (χ2v) is 15.7. The van der Waals surface area contributed by atoms with Crippen LogP contribution in [0.5, 0.6) is 0 Å². The summed E-state index contributed by atoms with van der Waals surface area (Å²) in [5, 5.41) is 0. The van der Waals surface area contributed by atoms with E-state index < -0.39 is 12.3 Å². The topological polar surface area (TPSA) is 55.3 Å². The fourth-order valence-corrected chi connectivity index (χ4v) is 6.91. The molecule has 0 bridgehead atoms. The van der Waals surface area contributed by atoms with Gasteiger partial charge in [0.1, 0.15) is 0 Å². The van der Waals surface area contributed by atoms with Crippen LogP contribution in [-0.4, -0.2) is 17.0 Å². The van der Waals surface area contributed by atoms with Gasteiger partial charge in [-0.3, -0.25) is 0 Å². The van der Waals surface area contributed by atoms with E-state index in [9.17, 15) is 0 Å². The molecule has 0 aliphatic carbocycles. The van der Waals surface area contributed by atoms with Crippen molar-refractivity contribution < 1.29 is 12.3 Å². The summed E-state index contributed by atoms with van der Waals surface area (Å²) in [6.45, 7) is 23.4. The quantitative estimate of drug-likeness (QED) is 0.263. The van der Waals surface area contributed by atoms with Gasteiger partial charge in [-0.05, 0) is 0 Å². The van der Waals surface area contributed by atoms with Gasteiger partial charge in [0.2, 0.25) is 0 Å². The Bertz CT molecular complexity index is 882. The summed E-state index contributed by atoms with van der Waals surface area (Å²) < 4.78 is 2.13. The molecule has 2 unspecified atom stereocenters. The van der Waals surface area contributed by atoms with E-state index in [0.717, 1.165) is 0 Å². The zero-order chi connectivity index (χ0) is 27.5. The first-order chi connectivity index (χ1) is 16.6. The number of nitrogens with two attached hydrogens (primary N) is 2. The number of hydrogen-bond donors (Lipinski definition) is 2. The predicted octanol–water partition coefficient (Wildman–Crippen LogP) is 8.64. The molecule has 6 heteroatoms. The van der Waals surface area contributed by atoms with Crippen molar-refractivity contribution in [3.05, 3.63) is 68.8 Å². The summed E-state index contributed by atoms with van der Waals surface area (Å²) in [5.74, 6) is 1.52. The van der Waals surface area contributed by atoms with Crippen molar-refractivity contribution in [3.63, 3.8) is 0 Å². The number of benzene rings is 2. The number of aryl methyl sites for hydroxylation is 2. The summed E-state index contributed by atoms with van der Waals surface area (Å²) in [6, 6.07) is 8.74. The van der Waals surface area contributed by atoms with Gasteiger partial charge in [-0.15, -0.1) is 0 Å². The van der Waals surface area contributed by atoms with E-state index in [0.29, 0.717) is 36.8 Å². The van der Waals surface area contributed by atoms with Crippen molar-refractivity contribution in [1.82, 2.24) is 3.92 Å². The zero-order valence-electron chi connectivity index (χ0n) is 23.9. The monoisotopic (exact) mass is 575 g/mol. The van der Waals surface area contributed by atoms with Crippen molar-refractivity contribution in [2.24, 2.45) is 11.5 Å². The van der Waals surface area contributed by atoms with Gasteiger partial charge in [0.05, 0.1) is 0 Å². The van der Waals surface area contributed by atoms with Gasteiger partial charge in [0, 0.05) is 0 Å². The number of halogens is 2. The minimum absolute atomic E-state index is 0.196. The van der Waals surface area contributed by atoms with Crippen LogP contribution in [0.15, 0.2) is 24.3 Å². The van der Waals surface area contributed by atoms with Crippen molar-refractivity contribution in [2.75, 3.05) is 13.1 Å². The summed E-state index contributed by atoms with van der Waals surface area (Å²) in [5.41, 5.74) is 24.2. The standard InChI is InChI=1S/C30H48N3.2ClH.Mn/c1-17(2)23-11-21(9)12-24(18(3)4)29(23)27(31)15-33-16-28(32)30-25(19(5)6)13-22(10)14-26(30)20(7)8;;;/h11-14,17-20,27-28H,15-16,31-32H2,1-10H3;2*1H;/q-1;;;+3/p-2. The molecular formula is C30H48Cl2MnN3. The molecule has 3 nitrogen and oxygen atoms in total. The summed E-state index contributed by atoms with van der Waals surface area (Å²) in [6.07, 6.45) is 0. The van der Waals surface area contributed by atoms with Gasteiger partial charge in [-0.2, -0.15) is 0 Å². The van der Waals surface area contributed by atoms with Crippen LogP contribution >= 0.6 is 20.2 Å². The van der Waals surface area contributed by atoms with Crippen molar-refractivity contribution >= 4 is 20.2 Å². The molecule has 4 N–H and O–H groups in total. The van der Waals surface area contributed by atoms with Crippen molar-refractivity contribution in [1.29, 1.82) is 0 Å². The molecule has 36 heavy (non-hydrogen) atoms. The maximum atomic E-state index is 6.97. The van der Waals surface area contributed by atoms with Gasteiger partial charge in [0.25, 0.3) is 0 Å². The molecule has 2 rings (SSSR count). The van der Waals surface area contributed by atoms with Crippen LogP contribution in [-0.2, 0) is 12.3 Å². The average Bonchev–Trinajstić information content (AvgIpc) is 2.76. The van der Waals surface area contributed by atoms with E-state index >= 15 is 0 Å². The van der Waals surface area contributed by atoms with Gasteiger partial charge < -0.3 is 0 Å². The molecule has 0 spiro atoms. The Morgan fingerprint density at radius 1 is 0.611 bits per heavy atom. The predicted molar refractivity (Wildman–Crippen MR) is 156 cm³/mol. The number of nitrogens with zero attached hydrogens (tertiary/aromatic N) is 1. The number of rotatable bonds is 11. The molecule has 0 amide bonds. The second kappa shape index (κ2) is 13.5. The van der Waals surface area contributed by atoms with Gasteiger partial charge in [-0.25, -0.2) is 0 Å². The van der Waals surface area contributed by atoms with Crippen LogP contribution in [0.25, 0.3) is 0 Å². The third-order valence-electron chi connectivity index (χ3n) is 6.98. The first-order valence-electron chi connectivity index (χ1n) is 13.2. The Morgan fingerprint density at radius 2 is 0.861 bits per heavy atom. The summed E-state index contributed by atoms with van der Waals surface area (Å²) in [4.78, 5) is 0. The van der Waals surface area contributed by atoms with Gasteiger partial charge >= 0.3 is 235 Å². The van der Waals surface area contributed by atoms with Crippen LogP contribution in [0, 0.1) is 13.8 Å². The zero-order valence-corrected chi connectivity index (χ0v) is 26.6. The molecule has 0 saturated heterocycles. The van der Waals surface area contributed by atoms with E-state index in [-0.39, 0.29) is 12.1 Å². The fourth-order valence-electron chi connectivity index (χ4n) is 5.26. The molecule has 0 aromatic heterocycles. The molecule has 0 radical (unpaired) electrons. The molecule has 204 valence electrons. The average molecular weight is 577 g/mol. The molecule has 2 aromatic rings. The Hall–Kier alpha value is -0.581. The fraction of sp³-hybridized carbons (Fsp3) is 0.600. The van der Waals surface area contributed by atoms with E-state index in [1.807, 2.05) is 0 Å².